The van der Waals surface area contributed by atoms with Crippen molar-refractivity contribution < 1.29 is 24.5 Å². The maximum Gasteiger partial charge on any atom is 0.330 e. The highest BCUT2D eigenvalue weighted by Gasteiger charge is 2.22. The van der Waals surface area contributed by atoms with Crippen molar-refractivity contribution in [1.82, 2.24) is 0 Å². The molecule has 1 atom stereocenters. The molecule has 0 aliphatic rings. The molecule has 8 heteroatoms. The van der Waals surface area contributed by atoms with Crippen LogP contribution in [0.4, 0.5) is 5.69 Å². The number of benzene rings is 2. The lowest BCUT2D eigenvalue weighted by atomic mass is 10.0. The second-order valence-electron chi connectivity index (χ2n) is 5.21. The van der Waals surface area contributed by atoms with E-state index >= 15 is 0 Å². The minimum atomic E-state index is -1.12. The van der Waals surface area contributed by atoms with Gasteiger partial charge in [0.25, 0.3) is 0 Å². The van der Waals surface area contributed by atoms with E-state index in [1.165, 1.54) is 32.4 Å². The lowest BCUT2D eigenvalue weighted by Crippen LogP contribution is -2.21. The molecule has 6 N–H and O–H groups in total. The first kappa shape index (κ1) is 17.9. The van der Waals surface area contributed by atoms with Gasteiger partial charge in [0.1, 0.15) is 23.1 Å². The van der Waals surface area contributed by atoms with Crippen LogP contribution >= 0.6 is 0 Å². The Hall–Kier alpha value is -3.42. The predicted molar refractivity (Wildman–Crippen MR) is 92.7 cm³/mol. The van der Waals surface area contributed by atoms with E-state index in [1.54, 1.807) is 18.2 Å². The van der Waals surface area contributed by atoms with E-state index in [4.69, 9.17) is 20.6 Å². The van der Waals surface area contributed by atoms with Gasteiger partial charge in [-0.25, -0.2) is 4.79 Å². The number of phenolic OH excluding ortho intramolecular Hbond substituents is 1. The summed E-state index contributed by atoms with van der Waals surface area (Å²) in [6.45, 7) is 0. The SMILES string of the molecule is COc1cc(OC)cc(C(Nc2ccc(C(=N)N)c(O)c2)C(=O)O)c1. The minimum absolute atomic E-state index is 0.167. The Morgan fingerprint density at radius 3 is 2.20 bits per heavy atom. The normalized spacial score (nSPS) is 11.4. The van der Waals surface area contributed by atoms with Gasteiger partial charge in [-0.1, -0.05) is 0 Å². The second-order valence-corrected chi connectivity index (χ2v) is 5.21. The molecule has 2 rings (SSSR count). The molecule has 0 radical (unpaired) electrons. The molecule has 0 aromatic heterocycles. The number of carbonyl (C=O) groups is 1. The Kier molecular flexibility index (Phi) is 5.33. The number of methoxy groups -OCH3 is 2. The van der Waals surface area contributed by atoms with Gasteiger partial charge in [0.15, 0.2) is 6.04 Å². The smallest absolute Gasteiger partial charge is 0.330 e. The predicted octanol–water partition coefficient (Wildman–Crippen LogP) is 1.93. The zero-order chi connectivity index (χ0) is 18.6. The Balaban J connectivity index is 2.38. The number of carboxylic acid groups (broad SMARTS) is 1. The van der Waals surface area contributed by atoms with Crippen molar-refractivity contribution >= 4 is 17.5 Å². The maximum atomic E-state index is 11.7. The number of carboxylic acids is 1. The van der Waals surface area contributed by atoms with Crippen LogP contribution in [0.15, 0.2) is 36.4 Å². The quantitative estimate of drug-likeness (QED) is 0.382. The number of hydrogen-bond donors (Lipinski definition) is 5. The third kappa shape index (κ3) is 4.11. The molecule has 0 bridgehead atoms. The Morgan fingerprint density at radius 1 is 1.16 bits per heavy atom. The third-order valence-corrected chi connectivity index (χ3v) is 3.55. The molecule has 2 aromatic rings. The average molecular weight is 345 g/mol. The molecular formula is C17H19N3O5. The van der Waals surface area contributed by atoms with Crippen LogP contribution in [0.5, 0.6) is 17.2 Å². The highest BCUT2D eigenvalue weighted by molar-refractivity contribution is 5.98. The molecular weight excluding hydrogens is 326 g/mol. The first-order chi connectivity index (χ1) is 11.8. The lowest BCUT2D eigenvalue weighted by Gasteiger charge is -2.18. The van der Waals surface area contributed by atoms with Gasteiger partial charge in [-0.3, -0.25) is 5.41 Å². The average Bonchev–Trinajstić information content (AvgIpc) is 2.58. The van der Waals surface area contributed by atoms with Gasteiger partial charge in [0, 0.05) is 17.8 Å². The summed E-state index contributed by atoms with van der Waals surface area (Å²) >= 11 is 0. The summed E-state index contributed by atoms with van der Waals surface area (Å²) in [5, 5.41) is 29.6. The van der Waals surface area contributed by atoms with Gasteiger partial charge < -0.3 is 30.7 Å². The number of phenols is 1. The molecule has 8 nitrogen and oxygen atoms in total. The molecule has 1 unspecified atom stereocenters. The number of ether oxygens (including phenoxy) is 2. The van der Waals surface area contributed by atoms with Crippen LogP contribution in [0.2, 0.25) is 0 Å². The highest BCUT2D eigenvalue weighted by atomic mass is 16.5. The highest BCUT2D eigenvalue weighted by Crippen LogP contribution is 2.30. The summed E-state index contributed by atoms with van der Waals surface area (Å²) in [5.74, 6) is -0.707. The fourth-order valence-electron chi connectivity index (χ4n) is 2.30. The van der Waals surface area contributed by atoms with Crippen LogP contribution < -0.4 is 20.5 Å². The number of nitrogens with two attached hydrogens (primary N) is 1. The zero-order valence-electron chi connectivity index (χ0n) is 13.7. The summed E-state index contributed by atoms with van der Waals surface area (Å²) in [7, 11) is 2.94. The van der Waals surface area contributed by atoms with Crippen molar-refractivity contribution in [2.45, 2.75) is 6.04 Å². The Bertz CT molecular complexity index is 785. The van der Waals surface area contributed by atoms with Crippen molar-refractivity contribution in [3.63, 3.8) is 0 Å². The molecule has 0 aliphatic heterocycles. The topological polar surface area (TPSA) is 138 Å². The maximum absolute atomic E-state index is 11.7. The molecule has 0 aliphatic carbocycles. The number of aliphatic carboxylic acids is 1. The van der Waals surface area contributed by atoms with E-state index < -0.39 is 12.0 Å². The number of hydrogen-bond acceptors (Lipinski definition) is 6. The van der Waals surface area contributed by atoms with Crippen LogP contribution in [-0.4, -0.2) is 36.2 Å². The van der Waals surface area contributed by atoms with Crippen LogP contribution in [0.1, 0.15) is 17.2 Å². The van der Waals surface area contributed by atoms with Gasteiger partial charge in [0.2, 0.25) is 0 Å². The fourth-order valence-corrected chi connectivity index (χ4v) is 2.30. The first-order valence-electron chi connectivity index (χ1n) is 7.25. The Morgan fingerprint density at radius 2 is 1.76 bits per heavy atom. The Labute approximate surface area is 144 Å². The van der Waals surface area contributed by atoms with Crippen molar-refractivity contribution in [1.29, 1.82) is 5.41 Å². The fraction of sp³-hybridized carbons (Fsp3) is 0.176. The van der Waals surface area contributed by atoms with E-state index in [9.17, 15) is 15.0 Å². The van der Waals surface area contributed by atoms with Gasteiger partial charge in [-0.05, 0) is 29.8 Å². The van der Waals surface area contributed by atoms with E-state index in [0.29, 0.717) is 22.7 Å². The first-order valence-corrected chi connectivity index (χ1v) is 7.25. The standard InChI is InChI=1S/C17H19N3O5/c1-24-11-5-9(6-12(8-11)25-2)15(17(22)23)20-10-3-4-13(16(18)19)14(21)7-10/h3-8,15,20-21H,1-2H3,(H3,18,19)(H,22,23). The third-order valence-electron chi connectivity index (χ3n) is 3.55. The van der Waals surface area contributed by atoms with Crippen molar-refractivity contribution in [3.05, 3.63) is 47.5 Å². The summed E-state index contributed by atoms with van der Waals surface area (Å²) in [5.41, 5.74) is 6.29. The summed E-state index contributed by atoms with van der Waals surface area (Å²) < 4.78 is 10.3. The van der Waals surface area contributed by atoms with Crippen LogP contribution in [-0.2, 0) is 4.79 Å². The summed E-state index contributed by atoms with van der Waals surface area (Å²) in [6.07, 6.45) is 0. The second kappa shape index (κ2) is 7.43. The molecule has 25 heavy (non-hydrogen) atoms. The molecule has 0 spiro atoms. The molecule has 0 amide bonds. The largest absolute Gasteiger partial charge is 0.507 e. The molecule has 0 heterocycles. The number of nitrogens with one attached hydrogen (secondary N) is 2. The van der Waals surface area contributed by atoms with E-state index in [0.717, 1.165) is 0 Å². The zero-order valence-corrected chi connectivity index (χ0v) is 13.7. The van der Waals surface area contributed by atoms with Crippen LogP contribution in [0.25, 0.3) is 0 Å². The summed E-state index contributed by atoms with van der Waals surface area (Å²) in [4.78, 5) is 11.7. The van der Waals surface area contributed by atoms with Gasteiger partial charge in [0.05, 0.1) is 19.8 Å². The number of amidine groups is 1. The van der Waals surface area contributed by atoms with Crippen molar-refractivity contribution in [3.8, 4) is 17.2 Å². The van der Waals surface area contributed by atoms with E-state index in [-0.39, 0.29) is 17.1 Å². The number of nitrogen functional groups attached to an aromatic ring is 1. The number of anilines is 1. The number of aromatic hydroxyl groups is 1. The minimum Gasteiger partial charge on any atom is -0.507 e. The summed E-state index contributed by atoms with van der Waals surface area (Å²) in [6, 6.07) is 7.97. The number of rotatable bonds is 7. The van der Waals surface area contributed by atoms with Crippen molar-refractivity contribution in [2.75, 3.05) is 19.5 Å². The lowest BCUT2D eigenvalue weighted by molar-refractivity contribution is -0.138. The van der Waals surface area contributed by atoms with Crippen LogP contribution in [0, 0.1) is 5.41 Å². The molecule has 132 valence electrons. The van der Waals surface area contributed by atoms with E-state index in [1.807, 2.05) is 0 Å². The van der Waals surface area contributed by atoms with Gasteiger partial charge in [-0.15, -0.1) is 0 Å². The van der Waals surface area contributed by atoms with Gasteiger partial charge in [-0.2, -0.15) is 0 Å². The molecule has 0 saturated heterocycles. The van der Waals surface area contributed by atoms with E-state index in [2.05, 4.69) is 5.32 Å². The molecule has 0 fully saturated rings. The monoisotopic (exact) mass is 345 g/mol. The molecule has 0 saturated carbocycles. The molecule has 2 aromatic carbocycles. The van der Waals surface area contributed by atoms with Crippen LogP contribution in [0.3, 0.4) is 0 Å². The van der Waals surface area contributed by atoms with Crippen molar-refractivity contribution in [2.24, 2.45) is 5.73 Å². The van der Waals surface area contributed by atoms with Gasteiger partial charge >= 0.3 is 5.97 Å².